The van der Waals surface area contributed by atoms with Gasteiger partial charge in [0, 0.05) is 12.6 Å². The third-order valence-corrected chi connectivity index (χ3v) is 5.12. The summed E-state index contributed by atoms with van der Waals surface area (Å²) in [4.78, 5) is 26.4. The quantitative estimate of drug-likeness (QED) is 0.473. The van der Waals surface area contributed by atoms with E-state index in [4.69, 9.17) is 44.3 Å². The Morgan fingerprint density at radius 2 is 1.77 bits per heavy atom. The van der Waals surface area contributed by atoms with Gasteiger partial charge in [0.2, 0.25) is 11.8 Å². The molecule has 0 bridgehead atoms. The summed E-state index contributed by atoms with van der Waals surface area (Å²) in [5.74, 6) is 0.155. The minimum atomic E-state index is -0.412. The van der Waals surface area contributed by atoms with Crippen LogP contribution in [0.25, 0.3) is 6.08 Å². The summed E-state index contributed by atoms with van der Waals surface area (Å²) >= 11 is 18.4. The van der Waals surface area contributed by atoms with Crippen LogP contribution in [-0.4, -0.2) is 43.5 Å². The lowest BCUT2D eigenvalue weighted by molar-refractivity contribution is -0.130. The van der Waals surface area contributed by atoms with Crippen LogP contribution in [0.3, 0.4) is 0 Å². The molecule has 166 valence electrons. The summed E-state index contributed by atoms with van der Waals surface area (Å²) in [5.41, 5.74) is 0.970. The van der Waals surface area contributed by atoms with Crippen molar-refractivity contribution in [2.45, 2.75) is 13.8 Å². The molecule has 2 aromatic carbocycles. The van der Waals surface area contributed by atoms with Gasteiger partial charge in [-0.3, -0.25) is 9.59 Å². The first-order chi connectivity index (χ1) is 14.8. The predicted molar refractivity (Wildman–Crippen MR) is 126 cm³/mol. The maximum absolute atomic E-state index is 12.6. The van der Waals surface area contributed by atoms with E-state index in [1.54, 1.807) is 43.3 Å². The number of rotatable bonds is 9. The fourth-order valence-corrected chi connectivity index (χ4v) is 3.52. The van der Waals surface area contributed by atoms with E-state index in [1.165, 1.54) is 18.1 Å². The zero-order valence-corrected chi connectivity index (χ0v) is 19.6. The van der Waals surface area contributed by atoms with E-state index < -0.39 is 5.91 Å². The maximum Gasteiger partial charge on any atom is 0.247 e. The minimum absolute atomic E-state index is 0.158. The normalized spacial score (nSPS) is 10.8. The highest BCUT2D eigenvalue weighted by Crippen LogP contribution is 2.36. The second kappa shape index (κ2) is 11.8. The Balaban J connectivity index is 2.10. The monoisotopic (exact) mass is 484 g/mol. The van der Waals surface area contributed by atoms with Crippen LogP contribution < -0.4 is 14.8 Å². The summed E-state index contributed by atoms with van der Waals surface area (Å²) in [6.07, 6.45) is 2.97. The fraction of sp³-hybridized carbons (Fsp3) is 0.273. The number of hydrogen-bond donors (Lipinski definition) is 1. The van der Waals surface area contributed by atoms with Gasteiger partial charge in [-0.05, 0) is 49.8 Å². The van der Waals surface area contributed by atoms with E-state index >= 15 is 0 Å². The molecule has 0 unspecified atom stereocenters. The zero-order valence-electron chi connectivity index (χ0n) is 17.4. The summed E-state index contributed by atoms with van der Waals surface area (Å²) in [6, 6.07) is 8.29. The molecule has 0 aliphatic heterocycles. The molecule has 0 aromatic heterocycles. The van der Waals surface area contributed by atoms with Gasteiger partial charge in [-0.25, -0.2) is 0 Å². The number of amides is 2. The van der Waals surface area contributed by atoms with Gasteiger partial charge < -0.3 is 19.7 Å². The first-order valence-electron chi connectivity index (χ1n) is 9.51. The minimum Gasteiger partial charge on any atom is -0.491 e. The molecule has 0 atom stereocenters. The van der Waals surface area contributed by atoms with Crippen LogP contribution in [0.5, 0.6) is 11.5 Å². The number of benzene rings is 2. The molecule has 2 aromatic rings. The van der Waals surface area contributed by atoms with Crippen LogP contribution in [0.15, 0.2) is 36.4 Å². The predicted octanol–water partition coefficient (Wildman–Crippen LogP) is 5.55. The van der Waals surface area contributed by atoms with Crippen molar-refractivity contribution in [3.05, 3.63) is 57.0 Å². The van der Waals surface area contributed by atoms with Crippen LogP contribution in [-0.2, 0) is 9.59 Å². The molecule has 0 saturated heterocycles. The number of methoxy groups -OCH3 is 1. The topological polar surface area (TPSA) is 67.9 Å². The molecule has 0 radical (unpaired) electrons. The Morgan fingerprint density at radius 1 is 1.10 bits per heavy atom. The molecule has 0 saturated carbocycles. The van der Waals surface area contributed by atoms with E-state index in [-0.39, 0.29) is 12.5 Å². The van der Waals surface area contributed by atoms with Gasteiger partial charge in [-0.2, -0.15) is 0 Å². The summed E-state index contributed by atoms with van der Waals surface area (Å²) in [7, 11) is 1.50. The molecule has 0 spiro atoms. The molecule has 2 amide bonds. The van der Waals surface area contributed by atoms with Crippen molar-refractivity contribution in [1.82, 2.24) is 4.90 Å². The van der Waals surface area contributed by atoms with Crippen molar-refractivity contribution < 1.29 is 19.1 Å². The molecular weight excluding hydrogens is 463 g/mol. The van der Waals surface area contributed by atoms with Gasteiger partial charge in [0.15, 0.2) is 11.5 Å². The highest BCUT2D eigenvalue weighted by molar-refractivity contribution is 6.39. The van der Waals surface area contributed by atoms with Crippen molar-refractivity contribution in [3.63, 3.8) is 0 Å². The van der Waals surface area contributed by atoms with Crippen molar-refractivity contribution in [3.8, 4) is 11.5 Å². The molecular formula is C22H23Cl3N2O4. The average Bonchev–Trinajstić information content (AvgIpc) is 2.73. The van der Waals surface area contributed by atoms with Crippen LogP contribution in [0.4, 0.5) is 5.69 Å². The van der Waals surface area contributed by atoms with E-state index in [1.807, 2.05) is 6.92 Å². The first kappa shape index (κ1) is 24.9. The van der Waals surface area contributed by atoms with Gasteiger partial charge in [-0.1, -0.05) is 40.9 Å². The lowest BCUT2D eigenvalue weighted by Gasteiger charge is -2.19. The molecule has 1 N–H and O–H groups in total. The molecule has 0 heterocycles. The number of carbonyl (C=O) groups is 2. The second-order valence-electron chi connectivity index (χ2n) is 6.30. The second-order valence-corrected chi connectivity index (χ2v) is 7.52. The van der Waals surface area contributed by atoms with Gasteiger partial charge >= 0.3 is 0 Å². The number of nitrogens with zero attached hydrogens (tertiary/aromatic N) is 1. The van der Waals surface area contributed by atoms with Crippen molar-refractivity contribution >= 4 is 58.4 Å². The Bertz CT molecular complexity index is 959. The van der Waals surface area contributed by atoms with E-state index in [9.17, 15) is 9.59 Å². The van der Waals surface area contributed by atoms with E-state index in [0.29, 0.717) is 51.0 Å². The number of anilines is 1. The third-order valence-electron chi connectivity index (χ3n) is 4.21. The van der Waals surface area contributed by atoms with Crippen LogP contribution >= 0.6 is 34.8 Å². The fourth-order valence-electron chi connectivity index (χ4n) is 2.73. The Hall–Kier alpha value is -2.41. The number of likely N-dealkylation sites (N-methyl/N-ethyl adjacent to an activating group) is 1. The van der Waals surface area contributed by atoms with E-state index in [2.05, 4.69) is 5.32 Å². The molecule has 31 heavy (non-hydrogen) atoms. The van der Waals surface area contributed by atoms with Crippen LogP contribution in [0.1, 0.15) is 19.4 Å². The number of hydrogen-bond acceptors (Lipinski definition) is 4. The first-order valence-corrected chi connectivity index (χ1v) is 10.6. The van der Waals surface area contributed by atoms with E-state index in [0.717, 1.165) is 0 Å². The standard InChI is InChI=1S/C22H23Cl3N2O4/c1-4-27(13-19(28)26-21-15(23)7-6-8-16(21)24)20(29)10-9-14-11-17(25)22(30-3)18(12-14)31-5-2/h6-12H,4-5,13H2,1-3H3,(H,26,28)/b10-9+. The Kier molecular flexibility index (Phi) is 9.49. The lowest BCUT2D eigenvalue weighted by Crippen LogP contribution is -2.37. The third kappa shape index (κ3) is 6.79. The Morgan fingerprint density at radius 3 is 2.35 bits per heavy atom. The maximum atomic E-state index is 12.6. The molecule has 0 aliphatic rings. The average molecular weight is 486 g/mol. The largest absolute Gasteiger partial charge is 0.491 e. The highest BCUT2D eigenvalue weighted by atomic mass is 35.5. The summed E-state index contributed by atoms with van der Waals surface area (Å²) in [6.45, 7) is 4.24. The SMILES string of the molecule is CCOc1cc(/C=C/C(=O)N(CC)CC(=O)Nc2c(Cl)cccc2Cl)cc(Cl)c1OC. The summed E-state index contributed by atoms with van der Waals surface area (Å²) in [5, 5.41) is 3.64. The number of para-hydroxylation sites is 1. The molecule has 6 nitrogen and oxygen atoms in total. The highest BCUT2D eigenvalue weighted by Gasteiger charge is 2.16. The van der Waals surface area contributed by atoms with Gasteiger partial charge in [0.05, 0.1) is 34.5 Å². The van der Waals surface area contributed by atoms with Crippen molar-refractivity contribution in [1.29, 1.82) is 0 Å². The number of nitrogens with one attached hydrogen (secondary N) is 1. The molecule has 0 aliphatic carbocycles. The Labute approximate surface area is 196 Å². The van der Waals surface area contributed by atoms with Crippen LogP contribution in [0, 0.1) is 0 Å². The van der Waals surface area contributed by atoms with Gasteiger partial charge in [0.1, 0.15) is 6.54 Å². The molecule has 2 rings (SSSR count). The van der Waals surface area contributed by atoms with Crippen molar-refractivity contribution in [2.24, 2.45) is 0 Å². The molecule has 9 heteroatoms. The van der Waals surface area contributed by atoms with Gasteiger partial charge in [0.25, 0.3) is 0 Å². The molecule has 0 fully saturated rings. The summed E-state index contributed by atoms with van der Waals surface area (Å²) < 4.78 is 10.8. The number of ether oxygens (including phenoxy) is 2. The smallest absolute Gasteiger partial charge is 0.247 e. The van der Waals surface area contributed by atoms with Crippen LogP contribution in [0.2, 0.25) is 15.1 Å². The zero-order chi connectivity index (χ0) is 23.0. The number of halogens is 3. The van der Waals surface area contributed by atoms with Gasteiger partial charge in [-0.15, -0.1) is 0 Å². The van der Waals surface area contributed by atoms with Crippen molar-refractivity contribution in [2.75, 3.05) is 32.1 Å². The number of carbonyl (C=O) groups excluding carboxylic acids is 2. The lowest BCUT2D eigenvalue weighted by atomic mass is 10.2.